The van der Waals surface area contributed by atoms with Crippen LogP contribution in [0.15, 0.2) is 24.5 Å². The smallest absolute Gasteiger partial charge is 0.231 e. The van der Waals surface area contributed by atoms with Crippen LogP contribution < -0.4 is 20.1 Å². The number of aromatic nitrogens is 4. The van der Waals surface area contributed by atoms with Crippen molar-refractivity contribution in [1.29, 1.82) is 0 Å². The van der Waals surface area contributed by atoms with E-state index in [1.807, 2.05) is 27.7 Å². The Morgan fingerprint density at radius 3 is 2.77 bits per heavy atom. The molecular formula is C24H29N7O4. The van der Waals surface area contributed by atoms with Crippen molar-refractivity contribution in [3.05, 3.63) is 24.5 Å². The molecule has 2 fully saturated rings. The molecule has 0 bridgehead atoms. The van der Waals surface area contributed by atoms with Gasteiger partial charge in [-0.25, -0.2) is 4.98 Å². The van der Waals surface area contributed by atoms with E-state index < -0.39 is 0 Å². The largest absolute Gasteiger partial charge is 0.454 e. The minimum atomic E-state index is -0.227. The van der Waals surface area contributed by atoms with Gasteiger partial charge in [0.2, 0.25) is 18.6 Å². The predicted molar refractivity (Wildman–Crippen MR) is 129 cm³/mol. The zero-order valence-corrected chi connectivity index (χ0v) is 19.4. The van der Waals surface area contributed by atoms with E-state index in [2.05, 4.69) is 15.6 Å². The number of carbonyl (C=O) groups is 1. The lowest BCUT2D eigenvalue weighted by Gasteiger charge is -2.26. The van der Waals surface area contributed by atoms with Gasteiger partial charge in [-0.15, -0.1) is 0 Å². The predicted octanol–water partition coefficient (Wildman–Crippen LogP) is 2.64. The van der Waals surface area contributed by atoms with Gasteiger partial charge in [-0.2, -0.15) is 9.97 Å². The molecule has 0 atom stereocenters. The molecule has 3 aromatic rings. The molecule has 2 aromatic heterocycles. The van der Waals surface area contributed by atoms with E-state index in [1.165, 1.54) is 0 Å². The second-order valence-electron chi connectivity index (χ2n) is 9.33. The Morgan fingerprint density at radius 2 is 1.94 bits per heavy atom. The maximum Gasteiger partial charge on any atom is 0.231 e. The number of nitrogens with one attached hydrogen (secondary N) is 2. The van der Waals surface area contributed by atoms with Crippen molar-refractivity contribution in [3.8, 4) is 11.5 Å². The van der Waals surface area contributed by atoms with Crippen LogP contribution in [0.1, 0.15) is 38.5 Å². The van der Waals surface area contributed by atoms with Crippen LogP contribution in [0.4, 0.5) is 17.5 Å². The normalized spacial score (nSPS) is 21.6. The van der Waals surface area contributed by atoms with Crippen LogP contribution in [0.2, 0.25) is 0 Å². The van der Waals surface area contributed by atoms with Crippen molar-refractivity contribution < 1.29 is 19.4 Å². The number of hydrogen-bond donors (Lipinski definition) is 3. The van der Waals surface area contributed by atoms with Gasteiger partial charge < -0.3 is 34.7 Å². The maximum absolute atomic E-state index is 12.1. The van der Waals surface area contributed by atoms with E-state index in [0.29, 0.717) is 53.9 Å². The molecule has 0 radical (unpaired) electrons. The molecule has 4 heterocycles. The Bertz CT molecular complexity index is 1240. The number of hydrogen-bond acceptors (Lipinski definition) is 9. The minimum Gasteiger partial charge on any atom is -0.454 e. The number of anilines is 3. The lowest BCUT2D eigenvalue weighted by atomic mass is 9.93. The van der Waals surface area contributed by atoms with Crippen LogP contribution in [0.3, 0.4) is 0 Å². The average Bonchev–Trinajstić information content (AvgIpc) is 3.59. The van der Waals surface area contributed by atoms with Crippen LogP contribution in [0.25, 0.3) is 11.2 Å². The number of nitrogens with zero attached hydrogens (tertiary/aromatic N) is 5. The number of ether oxygens (including phenoxy) is 2. The number of aliphatic hydroxyl groups excluding tert-OH is 1. The van der Waals surface area contributed by atoms with E-state index in [9.17, 15) is 9.90 Å². The molecule has 6 rings (SSSR count). The summed E-state index contributed by atoms with van der Waals surface area (Å²) in [5.41, 5.74) is 2.16. The molecule has 184 valence electrons. The van der Waals surface area contributed by atoms with Crippen LogP contribution in [0, 0.1) is 0 Å². The summed E-state index contributed by atoms with van der Waals surface area (Å²) in [5, 5.41) is 16.7. The Hall–Kier alpha value is -3.60. The van der Waals surface area contributed by atoms with Gasteiger partial charge in [-0.05, 0) is 44.2 Å². The van der Waals surface area contributed by atoms with Gasteiger partial charge in [0.15, 0.2) is 28.5 Å². The van der Waals surface area contributed by atoms with Crippen molar-refractivity contribution in [3.63, 3.8) is 0 Å². The first-order valence-corrected chi connectivity index (χ1v) is 12.2. The third-order valence-electron chi connectivity index (χ3n) is 6.91. The lowest BCUT2D eigenvalue weighted by Crippen LogP contribution is -2.29. The topological polar surface area (TPSA) is 127 Å². The van der Waals surface area contributed by atoms with Crippen molar-refractivity contribution in [1.82, 2.24) is 24.4 Å². The Kier molecular flexibility index (Phi) is 5.77. The number of aliphatic hydroxyl groups is 1. The van der Waals surface area contributed by atoms with E-state index in [1.54, 1.807) is 6.33 Å². The molecule has 0 unspecified atom stereocenters. The fourth-order valence-electron chi connectivity index (χ4n) is 4.94. The maximum atomic E-state index is 12.1. The summed E-state index contributed by atoms with van der Waals surface area (Å²) in [4.78, 5) is 28.1. The summed E-state index contributed by atoms with van der Waals surface area (Å²) in [7, 11) is 0. The third kappa shape index (κ3) is 4.55. The first kappa shape index (κ1) is 21.9. The van der Waals surface area contributed by atoms with Crippen LogP contribution in [-0.4, -0.2) is 67.5 Å². The molecule has 1 aliphatic carbocycles. The van der Waals surface area contributed by atoms with Crippen LogP contribution >= 0.6 is 0 Å². The minimum absolute atomic E-state index is 0.202. The molecule has 1 saturated heterocycles. The summed E-state index contributed by atoms with van der Waals surface area (Å²) in [5.74, 6) is 2.70. The molecule has 3 N–H and O–H groups in total. The van der Waals surface area contributed by atoms with E-state index in [4.69, 9.17) is 19.4 Å². The number of rotatable bonds is 7. The second-order valence-corrected chi connectivity index (χ2v) is 9.33. The number of fused-ring (bicyclic) bond motifs is 2. The van der Waals surface area contributed by atoms with Crippen molar-refractivity contribution >= 4 is 34.5 Å². The highest BCUT2D eigenvalue weighted by Crippen LogP contribution is 2.36. The molecule has 1 aromatic carbocycles. The van der Waals surface area contributed by atoms with Gasteiger partial charge in [-0.1, -0.05) is 0 Å². The quantitative estimate of drug-likeness (QED) is 0.469. The fourth-order valence-corrected chi connectivity index (χ4v) is 4.94. The number of carbonyl (C=O) groups excluding carboxylic acids is 1. The summed E-state index contributed by atoms with van der Waals surface area (Å²) < 4.78 is 12.9. The molecule has 2 aliphatic heterocycles. The zero-order valence-electron chi connectivity index (χ0n) is 19.4. The average molecular weight is 480 g/mol. The highest BCUT2D eigenvalue weighted by atomic mass is 16.7. The molecular weight excluding hydrogens is 450 g/mol. The third-order valence-corrected chi connectivity index (χ3v) is 6.91. The van der Waals surface area contributed by atoms with Crippen molar-refractivity contribution in [2.75, 3.05) is 30.5 Å². The van der Waals surface area contributed by atoms with E-state index in [0.717, 1.165) is 44.3 Å². The molecule has 11 nitrogen and oxygen atoms in total. The summed E-state index contributed by atoms with van der Waals surface area (Å²) in [6.45, 7) is 2.25. The van der Waals surface area contributed by atoms with Crippen molar-refractivity contribution in [2.24, 2.45) is 0 Å². The first-order chi connectivity index (χ1) is 17.1. The fraction of sp³-hybridized carbons (Fsp3) is 0.500. The Labute approximate surface area is 202 Å². The first-order valence-electron chi connectivity index (χ1n) is 12.2. The zero-order chi connectivity index (χ0) is 23.8. The highest BCUT2D eigenvalue weighted by molar-refractivity contribution is 5.87. The van der Waals surface area contributed by atoms with Gasteiger partial charge in [0.25, 0.3) is 0 Å². The number of imidazole rings is 1. The molecule has 35 heavy (non-hydrogen) atoms. The Balaban J connectivity index is 1.30. The van der Waals surface area contributed by atoms with Gasteiger partial charge >= 0.3 is 0 Å². The van der Waals surface area contributed by atoms with Crippen LogP contribution in [0.5, 0.6) is 11.5 Å². The standard InChI is InChI=1S/C24H29N7O4/c32-17-6-3-15(4-7-17)27-24-28-22(26-16-5-8-18-19(12-16)35-14-34-18)21-23(29-24)31(13-25-21)11-10-30-9-1-2-20(30)33/h5,8,12-13,15,17,32H,1-4,6-7,9-11,14H2,(H2,26,27,28,29). The molecule has 3 aliphatic rings. The van der Waals surface area contributed by atoms with Gasteiger partial charge in [0.05, 0.1) is 12.4 Å². The van der Waals surface area contributed by atoms with E-state index >= 15 is 0 Å². The number of benzene rings is 1. The number of likely N-dealkylation sites (tertiary alicyclic amines) is 1. The van der Waals surface area contributed by atoms with Gasteiger partial charge in [0.1, 0.15) is 0 Å². The highest BCUT2D eigenvalue weighted by Gasteiger charge is 2.23. The lowest BCUT2D eigenvalue weighted by molar-refractivity contribution is -0.127. The second kappa shape index (κ2) is 9.21. The van der Waals surface area contributed by atoms with Gasteiger partial charge in [-0.3, -0.25) is 4.79 Å². The molecule has 11 heteroatoms. The number of amides is 1. The molecule has 1 amide bonds. The summed E-state index contributed by atoms with van der Waals surface area (Å²) >= 11 is 0. The SMILES string of the molecule is O=C1CCCN1CCn1cnc2c(Nc3ccc4c(c3)OCO4)nc(NC3CCC(O)CC3)nc21. The molecule has 1 saturated carbocycles. The van der Waals surface area contributed by atoms with Crippen LogP contribution in [-0.2, 0) is 11.3 Å². The van der Waals surface area contributed by atoms with Gasteiger partial charge in [0, 0.05) is 43.9 Å². The monoisotopic (exact) mass is 479 g/mol. The van der Waals surface area contributed by atoms with E-state index in [-0.39, 0.29) is 24.8 Å². The summed E-state index contributed by atoms with van der Waals surface area (Å²) in [6, 6.07) is 5.85. The van der Waals surface area contributed by atoms with Crippen molar-refractivity contribution in [2.45, 2.75) is 57.2 Å². The Morgan fingerprint density at radius 1 is 1.09 bits per heavy atom. The summed E-state index contributed by atoms with van der Waals surface area (Å²) in [6.07, 6.45) is 6.34. The molecule has 0 spiro atoms.